The van der Waals surface area contributed by atoms with E-state index in [-0.39, 0.29) is 18.9 Å². The molecular weight excluding hydrogens is 368 g/mol. The number of esters is 1. The highest BCUT2D eigenvalue weighted by atomic mass is 35.5. The summed E-state index contributed by atoms with van der Waals surface area (Å²) < 4.78 is 12.2. The van der Waals surface area contributed by atoms with Crippen LogP contribution in [0, 0.1) is 6.92 Å². The first kappa shape index (κ1) is 18.6. The van der Waals surface area contributed by atoms with Crippen LogP contribution in [0.3, 0.4) is 0 Å². The Morgan fingerprint density at radius 3 is 2.52 bits per heavy atom. The largest absolute Gasteiger partial charge is 0.490 e. The van der Waals surface area contributed by atoms with Gasteiger partial charge < -0.3 is 9.47 Å². The van der Waals surface area contributed by atoms with E-state index in [1.807, 2.05) is 30.3 Å². The minimum atomic E-state index is -0.547. The van der Waals surface area contributed by atoms with E-state index in [0.29, 0.717) is 16.6 Å². The van der Waals surface area contributed by atoms with Crippen LogP contribution in [0.1, 0.15) is 11.4 Å². The number of hydrogen-bond acceptors (Lipinski definition) is 6. The van der Waals surface area contributed by atoms with E-state index < -0.39 is 5.97 Å². The molecule has 8 heteroatoms. The van der Waals surface area contributed by atoms with Crippen LogP contribution in [0.15, 0.2) is 54.6 Å². The summed E-state index contributed by atoms with van der Waals surface area (Å²) >= 11 is 5.83. The number of tetrazole rings is 1. The fourth-order valence-electron chi connectivity index (χ4n) is 2.27. The maximum absolute atomic E-state index is 12.6. The third-order valence-corrected chi connectivity index (χ3v) is 3.82. The van der Waals surface area contributed by atoms with Crippen LogP contribution >= 0.6 is 11.6 Å². The fourth-order valence-corrected chi connectivity index (χ4v) is 2.39. The van der Waals surface area contributed by atoms with E-state index in [4.69, 9.17) is 21.1 Å². The first-order chi connectivity index (χ1) is 13.1. The third-order valence-electron chi connectivity index (χ3n) is 3.56. The smallest absolute Gasteiger partial charge is 0.357 e. The zero-order chi connectivity index (χ0) is 19.1. The van der Waals surface area contributed by atoms with Gasteiger partial charge in [0.1, 0.15) is 19.0 Å². The topological polar surface area (TPSA) is 79.1 Å². The number of aromatic nitrogens is 4. The van der Waals surface area contributed by atoms with Crippen LogP contribution in [0.5, 0.6) is 5.75 Å². The van der Waals surface area contributed by atoms with Crippen LogP contribution in [0.4, 0.5) is 0 Å². The van der Waals surface area contributed by atoms with Crippen molar-refractivity contribution in [3.05, 3.63) is 71.0 Å². The average molecular weight is 385 g/mol. The summed E-state index contributed by atoms with van der Waals surface area (Å²) in [5.41, 5.74) is 1.05. The second kappa shape index (κ2) is 8.95. The Morgan fingerprint density at radius 1 is 1.11 bits per heavy atom. The molecule has 0 amide bonds. The number of carbonyl (C=O) groups excluding carboxylic acids is 1. The molecule has 0 saturated heterocycles. The molecule has 0 aliphatic carbocycles. The highest BCUT2D eigenvalue weighted by Crippen LogP contribution is 2.16. The van der Waals surface area contributed by atoms with Crippen molar-refractivity contribution in [3.63, 3.8) is 0 Å². The van der Waals surface area contributed by atoms with Gasteiger partial charge in [-0.1, -0.05) is 41.9 Å². The van der Waals surface area contributed by atoms with Crippen LogP contribution in [-0.4, -0.2) is 39.4 Å². The van der Waals surface area contributed by atoms with Crippen LogP contribution in [0.2, 0.25) is 5.02 Å². The van der Waals surface area contributed by atoms with E-state index in [1.165, 1.54) is 4.68 Å². The quantitative estimate of drug-likeness (QED) is 0.353. The Labute approximate surface area is 161 Å². The maximum Gasteiger partial charge on any atom is 0.357 e. The highest BCUT2D eigenvalue weighted by molar-refractivity contribution is 6.30. The van der Waals surface area contributed by atoms with Crippen molar-refractivity contribution >= 4 is 29.3 Å². The van der Waals surface area contributed by atoms with E-state index in [1.54, 1.807) is 37.3 Å². The summed E-state index contributed by atoms with van der Waals surface area (Å²) in [5, 5.41) is 11.9. The lowest BCUT2D eigenvalue weighted by Gasteiger charge is -2.10. The van der Waals surface area contributed by atoms with Gasteiger partial charge in [0, 0.05) is 5.02 Å². The summed E-state index contributed by atoms with van der Waals surface area (Å²) in [5.74, 6) is 0.576. The molecule has 0 aliphatic heterocycles. The highest BCUT2D eigenvalue weighted by Gasteiger charge is 2.17. The van der Waals surface area contributed by atoms with E-state index in [0.717, 1.165) is 5.56 Å². The molecule has 7 nitrogen and oxygen atoms in total. The van der Waals surface area contributed by atoms with Gasteiger partial charge in [-0.15, -0.1) is 5.10 Å². The maximum atomic E-state index is 12.6. The van der Waals surface area contributed by atoms with Gasteiger partial charge >= 0.3 is 5.97 Å². The second-order valence-electron chi connectivity index (χ2n) is 5.52. The standard InChI is InChI=1S/C19H17ClN4O3/c1-14-21-22-23-24(14)18(13-15-5-3-2-4-6-15)19(25)27-12-11-26-17-9-7-16(20)8-10-17/h2-10,13H,11-12H2,1H3. The predicted molar refractivity (Wildman–Crippen MR) is 101 cm³/mol. The second-order valence-corrected chi connectivity index (χ2v) is 5.95. The van der Waals surface area contributed by atoms with Gasteiger partial charge in [0.05, 0.1) is 0 Å². The molecule has 1 aromatic heterocycles. The average Bonchev–Trinajstić information content (AvgIpc) is 3.11. The van der Waals surface area contributed by atoms with Gasteiger partial charge in [-0.25, -0.2) is 4.79 Å². The van der Waals surface area contributed by atoms with E-state index in [2.05, 4.69) is 15.5 Å². The molecule has 0 saturated carbocycles. The number of nitrogens with zero attached hydrogens (tertiary/aromatic N) is 4. The minimum absolute atomic E-state index is 0.0781. The molecule has 0 N–H and O–H groups in total. The molecule has 0 spiro atoms. The number of rotatable bonds is 7. The molecule has 0 atom stereocenters. The van der Waals surface area contributed by atoms with Crippen molar-refractivity contribution in [1.82, 2.24) is 20.2 Å². The Hall–Kier alpha value is -3.19. The lowest BCUT2D eigenvalue weighted by Crippen LogP contribution is -2.18. The zero-order valence-corrected chi connectivity index (χ0v) is 15.3. The van der Waals surface area contributed by atoms with Gasteiger partial charge in [0.2, 0.25) is 0 Å². The summed E-state index contributed by atoms with van der Waals surface area (Å²) in [6, 6.07) is 16.3. The predicted octanol–water partition coefficient (Wildman–Crippen LogP) is 3.26. The molecule has 0 aliphatic rings. The number of ether oxygens (including phenoxy) is 2. The molecule has 3 rings (SSSR count). The number of carbonyl (C=O) groups is 1. The first-order valence-electron chi connectivity index (χ1n) is 8.21. The van der Waals surface area contributed by atoms with Crippen molar-refractivity contribution in [2.24, 2.45) is 0 Å². The van der Waals surface area contributed by atoms with Crippen molar-refractivity contribution in [2.75, 3.05) is 13.2 Å². The van der Waals surface area contributed by atoms with Crippen LogP contribution in [0.25, 0.3) is 11.8 Å². The molecule has 2 aromatic carbocycles. The SMILES string of the molecule is Cc1nnnn1C(=Cc1ccccc1)C(=O)OCCOc1ccc(Cl)cc1. The summed E-state index contributed by atoms with van der Waals surface area (Å²) in [7, 11) is 0. The lowest BCUT2D eigenvalue weighted by molar-refractivity contribution is -0.137. The molecule has 27 heavy (non-hydrogen) atoms. The van der Waals surface area contributed by atoms with Crippen molar-refractivity contribution in [2.45, 2.75) is 6.92 Å². The first-order valence-corrected chi connectivity index (χ1v) is 8.59. The lowest BCUT2D eigenvalue weighted by atomic mass is 10.2. The van der Waals surface area contributed by atoms with Crippen molar-refractivity contribution in [1.29, 1.82) is 0 Å². The van der Waals surface area contributed by atoms with Gasteiger partial charge in [-0.3, -0.25) is 0 Å². The number of halogens is 1. The molecule has 138 valence electrons. The van der Waals surface area contributed by atoms with Gasteiger partial charge in [0.25, 0.3) is 0 Å². The van der Waals surface area contributed by atoms with Gasteiger partial charge in [-0.2, -0.15) is 4.68 Å². The van der Waals surface area contributed by atoms with E-state index >= 15 is 0 Å². The number of hydrogen-bond donors (Lipinski definition) is 0. The fraction of sp³-hybridized carbons (Fsp3) is 0.158. The summed E-state index contributed by atoms with van der Waals surface area (Å²) in [6.07, 6.45) is 1.67. The number of aryl methyl sites for hydroxylation is 1. The minimum Gasteiger partial charge on any atom is -0.490 e. The molecule has 1 heterocycles. The Balaban J connectivity index is 1.65. The summed E-state index contributed by atoms with van der Waals surface area (Å²) in [4.78, 5) is 12.6. The van der Waals surface area contributed by atoms with E-state index in [9.17, 15) is 4.79 Å². The van der Waals surface area contributed by atoms with Crippen LogP contribution < -0.4 is 4.74 Å². The molecule has 0 unspecified atom stereocenters. The normalized spacial score (nSPS) is 11.3. The molecule has 0 fully saturated rings. The monoisotopic (exact) mass is 384 g/mol. The summed E-state index contributed by atoms with van der Waals surface area (Å²) in [6.45, 7) is 1.99. The molecule has 0 bridgehead atoms. The molecule has 0 radical (unpaired) electrons. The molecule has 3 aromatic rings. The van der Waals surface area contributed by atoms with Gasteiger partial charge in [-0.05, 0) is 53.3 Å². The van der Waals surface area contributed by atoms with Crippen molar-refractivity contribution in [3.8, 4) is 5.75 Å². The van der Waals surface area contributed by atoms with Crippen LogP contribution in [-0.2, 0) is 9.53 Å². The van der Waals surface area contributed by atoms with Crippen molar-refractivity contribution < 1.29 is 14.3 Å². The Morgan fingerprint density at radius 2 is 1.85 bits per heavy atom. The third kappa shape index (κ3) is 5.15. The zero-order valence-electron chi connectivity index (χ0n) is 14.6. The Bertz CT molecular complexity index is 924. The molecular formula is C19H17ClN4O3. The Kier molecular flexibility index (Phi) is 6.17. The number of benzene rings is 2. The van der Waals surface area contributed by atoms with Gasteiger partial charge in [0.15, 0.2) is 11.5 Å².